The van der Waals surface area contributed by atoms with Crippen molar-refractivity contribution in [3.8, 4) is 17.8 Å². The second-order valence-corrected chi connectivity index (χ2v) is 5.17. The Morgan fingerprint density at radius 3 is 2.75 bits per heavy atom. The topological polar surface area (TPSA) is 63.7 Å². The van der Waals surface area contributed by atoms with Gasteiger partial charge in [0.25, 0.3) is 0 Å². The average Bonchev–Trinajstić information content (AvgIpc) is 3.04. The number of nitrogens with zero attached hydrogens (tertiary/aromatic N) is 4. The van der Waals surface area contributed by atoms with Crippen molar-refractivity contribution in [2.24, 2.45) is 0 Å². The highest BCUT2D eigenvalue weighted by atomic mass is 19.1. The molecule has 2 aromatic heterocycles. The molecule has 0 bridgehead atoms. The van der Waals surface area contributed by atoms with Crippen molar-refractivity contribution in [3.05, 3.63) is 71.3 Å². The summed E-state index contributed by atoms with van der Waals surface area (Å²) in [6.45, 7) is 2.29. The molecule has 0 unspecified atom stereocenters. The fourth-order valence-electron chi connectivity index (χ4n) is 2.27. The Balaban J connectivity index is 1.90. The summed E-state index contributed by atoms with van der Waals surface area (Å²) in [5, 5.41) is 13.4. The molecule has 1 aromatic carbocycles. The molecular weight excluding hydrogens is 307 g/mol. The zero-order chi connectivity index (χ0) is 16.9. The molecule has 0 aliphatic rings. The zero-order valence-corrected chi connectivity index (χ0v) is 13.1. The van der Waals surface area contributed by atoms with E-state index in [1.54, 1.807) is 41.3 Å². The highest BCUT2D eigenvalue weighted by Crippen LogP contribution is 2.23. The summed E-state index contributed by atoms with van der Waals surface area (Å²) in [5.41, 5.74) is 2.28. The number of aromatic nitrogens is 3. The smallest absolute Gasteiger partial charge is 0.221 e. The average molecular weight is 322 g/mol. The van der Waals surface area contributed by atoms with Gasteiger partial charge in [-0.25, -0.2) is 9.37 Å². The van der Waals surface area contributed by atoms with Gasteiger partial charge >= 0.3 is 0 Å². The van der Waals surface area contributed by atoms with Crippen LogP contribution >= 0.6 is 0 Å². The molecule has 6 heteroatoms. The van der Waals surface area contributed by atoms with E-state index in [0.29, 0.717) is 17.3 Å². The van der Waals surface area contributed by atoms with Gasteiger partial charge in [-0.2, -0.15) is 15.0 Å². The maximum atomic E-state index is 13.0. The number of pyridine rings is 1. The third-order valence-corrected chi connectivity index (χ3v) is 3.56. The molecule has 120 valence electrons. The quantitative estimate of drug-likeness (QED) is 0.722. The standard InChI is InChI=1S/C18H15FN4O/c1-2-15-11-22-23(17-9-14(10-20)7-8-21-17)18(15)24-12-13-3-5-16(19)6-4-13/h3-9,11H,2,12H2,1H3. The van der Waals surface area contributed by atoms with E-state index in [4.69, 9.17) is 10.00 Å². The van der Waals surface area contributed by atoms with Crippen LogP contribution in [0.2, 0.25) is 0 Å². The van der Waals surface area contributed by atoms with E-state index in [2.05, 4.69) is 16.2 Å². The molecule has 5 nitrogen and oxygen atoms in total. The maximum absolute atomic E-state index is 13.0. The summed E-state index contributed by atoms with van der Waals surface area (Å²) in [4.78, 5) is 4.25. The molecule has 3 aromatic rings. The van der Waals surface area contributed by atoms with Crippen molar-refractivity contribution < 1.29 is 9.13 Å². The number of benzene rings is 1. The molecular formula is C18H15FN4O. The minimum atomic E-state index is -0.282. The van der Waals surface area contributed by atoms with Gasteiger partial charge in [-0.05, 0) is 30.2 Å². The monoisotopic (exact) mass is 322 g/mol. The van der Waals surface area contributed by atoms with Gasteiger partial charge in [-0.3, -0.25) is 0 Å². The second kappa shape index (κ2) is 6.92. The second-order valence-electron chi connectivity index (χ2n) is 5.17. The van der Waals surface area contributed by atoms with Gasteiger partial charge in [0.05, 0.1) is 17.8 Å². The molecule has 0 N–H and O–H groups in total. The Labute approximate surface area is 139 Å². The van der Waals surface area contributed by atoms with Gasteiger partial charge in [0, 0.05) is 17.8 Å². The fourth-order valence-corrected chi connectivity index (χ4v) is 2.27. The number of halogens is 1. The highest BCUT2D eigenvalue weighted by Gasteiger charge is 2.14. The van der Waals surface area contributed by atoms with Crippen LogP contribution in [-0.2, 0) is 13.0 Å². The molecule has 0 saturated carbocycles. The van der Waals surface area contributed by atoms with Crippen molar-refractivity contribution in [3.63, 3.8) is 0 Å². The van der Waals surface area contributed by atoms with Crippen molar-refractivity contribution in [2.45, 2.75) is 20.0 Å². The van der Waals surface area contributed by atoms with Crippen LogP contribution in [0.15, 0.2) is 48.8 Å². The Kier molecular flexibility index (Phi) is 4.52. The minimum absolute atomic E-state index is 0.282. The summed E-state index contributed by atoms with van der Waals surface area (Å²) in [6, 6.07) is 11.5. The lowest BCUT2D eigenvalue weighted by atomic mass is 10.2. The number of rotatable bonds is 5. The lowest BCUT2D eigenvalue weighted by Gasteiger charge is -2.11. The molecule has 0 atom stereocenters. The minimum Gasteiger partial charge on any atom is -0.472 e. The Morgan fingerprint density at radius 2 is 2.04 bits per heavy atom. The number of aryl methyl sites for hydroxylation is 1. The fraction of sp³-hybridized carbons (Fsp3) is 0.167. The van der Waals surface area contributed by atoms with Gasteiger partial charge in [-0.15, -0.1) is 0 Å². The van der Waals surface area contributed by atoms with E-state index in [1.165, 1.54) is 12.1 Å². The van der Waals surface area contributed by atoms with Crippen LogP contribution in [0, 0.1) is 17.1 Å². The van der Waals surface area contributed by atoms with Gasteiger partial charge in [0.2, 0.25) is 5.88 Å². The molecule has 2 heterocycles. The molecule has 0 aliphatic carbocycles. The first-order chi connectivity index (χ1) is 11.7. The number of ether oxygens (including phenoxy) is 1. The van der Waals surface area contributed by atoms with E-state index < -0.39 is 0 Å². The highest BCUT2D eigenvalue weighted by molar-refractivity contribution is 5.39. The Hall–Kier alpha value is -3.20. The van der Waals surface area contributed by atoms with Gasteiger partial charge in [0.1, 0.15) is 12.4 Å². The van der Waals surface area contributed by atoms with Gasteiger partial charge in [0.15, 0.2) is 5.82 Å². The number of hydrogen-bond donors (Lipinski definition) is 0. The lowest BCUT2D eigenvalue weighted by Crippen LogP contribution is -2.06. The van der Waals surface area contributed by atoms with Crippen LogP contribution in [0.3, 0.4) is 0 Å². The predicted molar refractivity (Wildman–Crippen MR) is 86.2 cm³/mol. The maximum Gasteiger partial charge on any atom is 0.221 e. The molecule has 0 aliphatic heterocycles. The molecule has 0 spiro atoms. The normalized spacial score (nSPS) is 10.4. The van der Waals surface area contributed by atoms with Gasteiger partial charge < -0.3 is 4.74 Å². The van der Waals surface area contributed by atoms with E-state index >= 15 is 0 Å². The summed E-state index contributed by atoms with van der Waals surface area (Å²) in [5.74, 6) is 0.808. The van der Waals surface area contributed by atoms with Crippen LogP contribution in [0.1, 0.15) is 23.6 Å². The van der Waals surface area contributed by atoms with E-state index in [1.807, 2.05) is 6.92 Å². The first-order valence-corrected chi connectivity index (χ1v) is 7.52. The summed E-state index contributed by atoms with van der Waals surface area (Å²) >= 11 is 0. The van der Waals surface area contributed by atoms with Crippen molar-refractivity contribution in [2.75, 3.05) is 0 Å². The Bertz CT molecular complexity index is 881. The zero-order valence-electron chi connectivity index (χ0n) is 13.1. The largest absolute Gasteiger partial charge is 0.472 e. The summed E-state index contributed by atoms with van der Waals surface area (Å²) < 4.78 is 20.5. The first kappa shape index (κ1) is 15.7. The van der Waals surface area contributed by atoms with Crippen LogP contribution in [0.25, 0.3) is 5.82 Å². The van der Waals surface area contributed by atoms with Crippen LogP contribution < -0.4 is 4.74 Å². The molecule has 0 fully saturated rings. The lowest BCUT2D eigenvalue weighted by molar-refractivity contribution is 0.281. The van der Waals surface area contributed by atoms with Crippen molar-refractivity contribution >= 4 is 0 Å². The van der Waals surface area contributed by atoms with Crippen molar-refractivity contribution in [1.29, 1.82) is 5.26 Å². The summed E-state index contributed by atoms with van der Waals surface area (Å²) in [6.07, 6.45) is 4.03. The van der Waals surface area contributed by atoms with Crippen LogP contribution in [0.5, 0.6) is 5.88 Å². The van der Waals surface area contributed by atoms with E-state index in [9.17, 15) is 4.39 Å². The molecule has 0 amide bonds. The number of hydrogen-bond acceptors (Lipinski definition) is 4. The third kappa shape index (κ3) is 3.25. The SMILES string of the molecule is CCc1cnn(-c2cc(C#N)ccn2)c1OCc1ccc(F)cc1. The molecule has 0 saturated heterocycles. The van der Waals surface area contributed by atoms with E-state index in [-0.39, 0.29) is 12.4 Å². The molecule has 24 heavy (non-hydrogen) atoms. The number of nitriles is 1. The summed E-state index contributed by atoms with van der Waals surface area (Å²) in [7, 11) is 0. The third-order valence-electron chi connectivity index (χ3n) is 3.56. The Morgan fingerprint density at radius 1 is 1.25 bits per heavy atom. The molecule has 3 rings (SSSR count). The molecule has 0 radical (unpaired) electrons. The van der Waals surface area contributed by atoms with Crippen molar-refractivity contribution in [1.82, 2.24) is 14.8 Å². The van der Waals surface area contributed by atoms with Crippen LogP contribution in [-0.4, -0.2) is 14.8 Å². The van der Waals surface area contributed by atoms with Gasteiger partial charge in [-0.1, -0.05) is 19.1 Å². The van der Waals surface area contributed by atoms with E-state index in [0.717, 1.165) is 17.5 Å². The first-order valence-electron chi connectivity index (χ1n) is 7.52. The predicted octanol–water partition coefficient (Wildman–Crippen LogP) is 3.42. The van der Waals surface area contributed by atoms with Crippen LogP contribution in [0.4, 0.5) is 4.39 Å².